The SMILES string of the molecule is Cn1cc(-c2cc(-c3ccc(N4CCNCC4)nc3)n3ccnc3c2)cn1. The molecule has 1 N–H and O–H groups in total. The van der Waals surface area contributed by atoms with Crippen LogP contribution in [0.4, 0.5) is 5.82 Å². The topological polar surface area (TPSA) is 63.3 Å². The monoisotopic (exact) mass is 359 g/mol. The zero-order valence-electron chi connectivity index (χ0n) is 15.2. The Bertz CT molecular complexity index is 1070. The lowest BCUT2D eigenvalue weighted by molar-refractivity contribution is 0.585. The van der Waals surface area contributed by atoms with Gasteiger partial charge in [-0.15, -0.1) is 0 Å². The molecule has 1 aliphatic rings. The molecule has 4 aromatic heterocycles. The summed E-state index contributed by atoms with van der Waals surface area (Å²) in [4.78, 5) is 11.5. The molecule has 0 atom stereocenters. The molecule has 1 fully saturated rings. The largest absolute Gasteiger partial charge is 0.354 e. The van der Waals surface area contributed by atoms with Crippen LogP contribution >= 0.6 is 0 Å². The first-order chi connectivity index (χ1) is 13.3. The number of aromatic nitrogens is 5. The molecule has 0 bridgehead atoms. The normalized spacial score (nSPS) is 14.8. The molecule has 0 saturated carbocycles. The molecule has 5 rings (SSSR count). The van der Waals surface area contributed by atoms with Gasteiger partial charge in [0.15, 0.2) is 0 Å². The van der Waals surface area contributed by atoms with Gasteiger partial charge < -0.3 is 10.2 Å². The third kappa shape index (κ3) is 2.96. The van der Waals surface area contributed by atoms with Gasteiger partial charge >= 0.3 is 0 Å². The number of hydrogen-bond acceptors (Lipinski definition) is 5. The molecule has 7 heteroatoms. The summed E-state index contributed by atoms with van der Waals surface area (Å²) in [5, 5.41) is 7.67. The highest BCUT2D eigenvalue weighted by atomic mass is 15.2. The van der Waals surface area contributed by atoms with E-state index in [9.17, 15) is 0 Å². The highest BCUT2D eigenvalue weighted by Gasteiger charge is 2.13. The first-order valence-electron chi connectivity index (χ1n) is 9.16. The maximum absolute atomic E-state index is 4.72. The summed E-state index contributed by atoms with van der Waals surface area (Å²) in [5.74, 6) is 1.03. The Morgan fingerprint density at radius 2 is 1.85 bits per heavy atom. The van der Waals surface area contributed by atoms with Gasteiger partial charge in [0.1, 0.15) is 11.5 Å². The van der Waals surface area contributed by atoms with Crippen molar-refractivity contribution in [2.45, 2.75) is 0 Å². The van der Waals surface area contributed by atoms with Crippen molar-refractivity contribution >= 4 is 11.5 Å². The van der Waals surface area contributed by atoms with Crippen LogP contribution in [-0.4, -0.2) is 50.3 Å². The summed E-state index contributed by atoms with van der Waals surface area (Å²) in [6, 6.07) is 8.52. The molecule has 0 radical (unpaired) electrons. The van der Waals surface area contributed by atoms with Gasteiger partial charge in [-0.3, -0.25) is 9.08 Å². The Balaban J connectivity index is 1.56. The molecule has 0 amide bonds. The lowest BCUT2D eigenvalue weighted by atomic mass is 10.1. The number of aryl methyl sites for hydroxylation is 1. The molecule has 5 heterocycles. The van der Waals surface area contributed by atoms with Crippen molar-refractivity contribution in [3.63, 3.8) is 0 Å². The zero-order valence-corrected chi connectivity index (χ0v) is 15.2. The molecule has 0 aromatic carbocycles. The lowest BCUT2D eigenvalue weighted by Crippen LogP contribution is -2.43. The molecule has 7 nitrogen and oxygen atoms in total. The third-order valence-corrected chi connectivity index (χ3v) is 5.03. The number of piperazine rings is 1. The summed E-state index contributed by atoms with van der Waals surface area (Å²) in [6.07, 6.45) is 9.67. The molecular weight excluding hydrogens is 338 g/mol. The fourth-order valence-electron chi connectivity index (χ4n) is 3.60. The summed E-state index contributed by atoms with van der Waals surface area (Å²) < 4.78 is 3.91. The van der Waals surface area contributed by atoms with Crippen molar-refractivity contribution in [1.82, 2.24) is 29.5 Å². The molecule has 27 heavy (non-hydrogen) atoms. The Labute approximate surface area is 157 Å². The third-order valence-electron chi connectivity index (χ3n) is 5.03. The number of nitrogens with zero attached hydrogens (tertiary/aromatic N) is 6. The molecule has 136 valence electrons. The fourth-order valence-corrected chi connectivity index (χ4v) is 3.60. The predicted molar refractivity (Wildman–Crippen MR) is 106 cm³/mol. The van der Waals surface area contributed by atoms with Crippen molar-refractivity contribution in [1.29, 1.82) is 0 Å². The number of pyridine rings is 2. The first kappa shape index (κ1) is 16.0. The molecule has 1 aliphatic heterocycles. The van der Waals surface area contributed by atoms with Crippen LogP contribution < -0.4 is 10.2 Å². The molecule has 0 spiro atoms. The number of anilines is 1. The Morgan fingerprint density at radius 1 is 0.963 bits per heavy atom. The molecule has 1 saturated heterocycles. The fraction of sp³-hybridized carbons (Fsp3) is 0.250. The van der Waals surface area contributed by atoms with E-state index in [-0.39, 0.29) is 0 Å². The van der Waals surface area contributed by atoms with Gasteiger partial charge in [-0.2, -0.15) is 5.10 Å². The van der Waals surface area contributed by atoms with Crippen molar-refractivity contribution in [3.05, 3.63) is 55.2 Å². The number of imidazole rings is 1. The van der Waals surface area contributed by atoms with Gasteiger partial charge in [0.2, 0.25) is 0 Å². The Hall–Kier alpha value is -3.19. The highest BCUT2D eigenvalue weighted by molar-refractivity contribution is 5.75. The molecule has 0 aliphatic carbocycles. The van der Waals surface area contributed by atoms with E-state index in [1.165, 1.54) is 0 Å². The van der Waals surface area contributed by atoms with Crippen molar-refractivity contribution in [2.75, 3.05) is 31.1 Å². The molecule has 0 unspecified atom stereocenters. The summed E-state index contributed by atoms with van der Waals surface area (Å²) in [5.41, 5.74) is 5.24. The zero-order chi connectivity index (χ0) is 18.2. The van der Waals surface area contributed by atoms with Crippen LogP contribution in [0.5, 0.6) is 0 Å². The van der Waals surface area contributed by atoms with Crippen LogP contribution in [0.25, 0.3) is 28.0 Å². The minimum Gasteiger partial charge on any atom is -0.354 e. The predicted octanol–water partition coefficient (Wildman–Crippen LogP) is 2.21. The van der Waals surface area contributed by atoms with E-state index < -0.39 is 0 Å². The van der Waals surface area contributed by atoms with Crippen LogP contribution in [0, 0.1) is 0 Å². The van der Waals surface area contributed by atoms with Gasteiger partial charge in [-0.05, 0) is 29.8 Å². The van der Waals surface area contributed by atoms with E-state index in [2.05, 4.69) is 49.0 Å². The summed E-state index contributed by atoms with van der Waals surface area (Å²) in [6.45, 7) is 4.00. The second-order valence-electron chi connectivity index (χ2n) is 6.83. The highest BCUT2D eigenvalue weighted by Crippen LogP contribution is 2.28. The van der Waals surface area contributed by atoms with Gasteiger partial charge in [0.25, 0.3) is 0 Å². The number of nitrogens with one attached hydrogen (secondary N) is 1. The van der Waals surface area contributed by atoms with E-state index in [1.54, 1.807) is 0 Å². The minimum atomic E-state index is 0.914. The van der Waals surface area contributed by atoms with E-state index >= 15 is 0 Å². The lowest BCUT2D eigenvalue weighted by Gasteiger charge is -2.28. The van der Waals surface area contributed by atoms with E-state index in [0.29, 0.717) is 0 Å². The Morgan fingerprint density at radius 3 is 2.59 bits per heavy atom. The maximum atomic E-state index is 4.72. The molecular formula is C20H21N7. The number of rotatable bonds is 3. The van der Waals surface area contributed by atoms with Crippen molar-refractivity contribution < 1.29 is 0 Å². The van der Waals surface area contributed by atoms with E-state index in [1.807, 2.05) is 42.7 Å². The average molecular weight is 359 g/mol. The smallest absolute Gasteiger partial charge is 0.137 e. The second kappa shape index (κ2) is 6.51. The van der Waals surface area contributed by atoms with Crippen molar-refractivity contribution in [3.8, 4) is 22.4 Å². The molecule has 4 aromatic rings. The maximum Gasteiger partial charge on any atom is 0.137 e. The number of hydrogen-bond donors (Lipinski definition) is 1. The Kier molecular flexibility index (Phi) is 3.86. The van der Waals surface area contributed by atoms with Crippen LogP contribution in [0.3, 0.4) is 0 Å². The first-order valence-corrected chi connectivity index (χ1v) is 9.16. The standard InChI is InChI=1S/C20H21N7/c1-25-14-17(13-24-25)16-10-18(27-9-6-22-20(27)11-16)15-2-3-19(23-12-15)26-7-4-21-5-8-26/h2-3,6,9-14,21H,4-5,7-8H2,1H3. The van der Waals surface area contributed by atoms with Crippen LogP contribution in [0.1, 0.15) is 0 Å². The average Bonchev–Trinajstić information content (AvgIpc) is 3.37. The number of fused-ring (bicyclic) bond motifs is 1. The van der Waals surface area contributed by atoms with E-state index in [4.69, 9.17) is 4.98 Å². The van der Waals surface area contributed by atoms with Crippen LogP contribution in [0.2, 0.25) is 0 Å². The van der Waals surface area contributed by atoms with Gasteiger partial charge in [0.05, 0.1) is 11.9 Å². The van der Waals surface area contributed by atoms with Crippen molar-refractivity contribution in [2.24, 2.45) is 7.05 Å². The van der Waals surface area contributed by atoms with Gasteiger partial charge in [0, 0.05) is 69.1 Å². The van der Waals surface area contributed by atoms with Crippen LogP contribution in [-0.2, 0) is 7.05 Å². The van der Waals surface area contributed by atoms with E-state index in [0.717, 1.165) is 60.0 Å². The second-order valence-corrected chi connectivity index (χ2v) is 6.83. The minimum absolute atomic E-state index is 0.914. The van der Waals surface area contributed by atoms with Gasteiger partial charge in [-0.25, -0.2) is 9.97 Å². The quantitative estimate of drug-likeness (QED) is 0.608. The summed E-state index contributed by atoms with van der Waals surface area (Å²) >= 11 is 0. The summed E-state index contributed by atoms with van der Waals surface area (Å²) in [7, 11) is 1.93. The van der Waals surface area contributed by atoms with Crippen LogP contribution in [0.15, 0.2) is 55.2 Å². The van der Waals surface area contributed by atoms with Gasteiger partial charge in [-0.1, -0.05) is 0 Å².